The number of hydrogen-bond donors (Lipinski definition) is 2. The Morgan fingerprint density at radius 3 is 2.47 bits per heavy atom. The molecular weight excluding hydrogens is 212 g/mol. The molecule has 2 aliphatic carbocycles. The molecule has 17 heavy (non-hydrogen) atoms. The molecule has 0 bridgehead atoms. The minimum Gasteiger partial charge on any atom is -0.393 e. The number of allylic oxidation sites excluding steroid dienone is 1. The third kappa shape index (κ3) is 2.30. The average molecular weight is 238 g/mol. The second-order valence-electron chi connectivity index (χ2n) is 7.00. The first-order valence-corrected chi connectivity index (χ1v) is 6.86. The Morgan fingerprint density at radius 2 is 1.82 bits per heavy atom. The molecule has 0 saturated heterocycles. The highest BCUT2D eigenvalue weighted by Crippen LogP contribution is 2.55. The summed E-state index contributed by atoms with van der Waals surface area (Å²) in [7, 11) is 0. The summed E-state index contributed by atoms with van der Waals surface area (Å²) in [6, 6.07) is 0. The van der Waals surface area contributed by atoms with E-state index < -0.39 is 5.60 Å². The minimum absolute atomic E-state index is 0.118. The van der Waals surface area contributed by atoms with E-state index in [-0.39, 0.29) is 17.4 Å². The number of aliphatic hydroxyl groups excluding tert-OH is 1. The molecule has 1 fully saturated rings. The van der Waals surface area contributed by atoms with Crippen LogP contribution in [0.1, 0.15) is 59.3 Å². The van der Waals surface area contributed by atoms with Crippen LogP contribution in [-0.2, 0) is 0 Å². The van der Waals surface area contributed by atoms with Crippen molar-refractivity contribution in [3.05, 3.63) is 11.6 Å². The van der Waals surface area contributed by atoms with Crippen molar-refractivity contribution in [3.63, 3.8) is 0 Å². The predicted octanol–water partition coefficient (Wildman–Crippen LogP) is 3.04. The number of rotatable bonds is 1. The van der Waals surface area contributed by atoms with Gasteiger partial charge in [-0.25, -0.2) is 0 Å². The Bertz CT molecular complexity index is 332. The predicted molar refractivity (Wildman–Crippen MR) is 69.7 cm³/mol. The van der Waals surface area contributed by atoms with Gasteiger partial charge in [-0.05, 0) is 42.9 Å². The molecule has 0 aromatic heterocycles. The molecule has 2 atom stereocenters. The van der Waals surface area contributed by atoms with Gasteiger partial charge < -0.3 is 10.2 Å². The van der Waals surface area contributed by atoms with Crippen molar-refractivity contribution >= 4 is 0 Å². The lowest BCUT2D eigenvalue weighted by molar-refractivity contribution is -0.0237. The first-order valence-electron chi connectivity index (χ1n) is 6.86. The van der Waals surface area contributed by atoms with Gasteiger partial charge in [0.2, 0.25) is 0 Å². The van der Waals surface area contributed by atoms with E-state index in [1.165, 1.54) is 24.8 Å². The van der Waals surface area contributed by atoms with Gasteiger partial charge in [0.05, 0.1) is 12.2 Å². The molecule has 98 valence electrons. The lowest BCUT2D eigenvalue weighted by atomic mass is 9.59. The lowest BCUT2D eigenvalue weighted by Gasteiger charge is -2.46. The highest BCUT2D eigenvalue weighted by molar-refractivity contribution is 5.26. The van der Waals surface area contributed by atoms with Crippen LogP contribution in [-0.4, -0.2) is 22.4 Å². The molecule has 0 heterocycles. The van der Waals surface area contributed by atoms with Crippen molar-refractivity contribution < 1.29 is 10.2 Å². The molecule has 0 aromatic carbocycles. The van der Waals surface area contributed by atoms with Crippen molar-refractivity contribution in [3.8, 4) is 0 Å². The topological polar surface area (TPSA) is 40.5 Å². The first-order chi connectivity index (χ1) is 7.81. The van der Waals surface area contributed by atoms with Gasteiger partial charge in [-0.3, -0.25) is 0 Å². The molecule has 2 aliphatic rings. The highest BCUT2D eigenvalue weighted by Gasteiger charge is 2.44. The van der Waals surface area contributed by atoms with Crippen LogP contribution in [0.5, 0.6) is 0 Å². The van der Waals surface area contributed by atoms with Gasteiger partial charge in [-0.1, -0.05) is 38.8 Å². The molecule has 2 unspecified atom stereocenters. The van der Waals surface area contributed by atoms with Crippen LogP contribution in [0.15, 0.2) is 11.6 Å². The zero-order valence-corrected chi connectivity index (χ0v) is 11.4. The molecule has 2 heteroatoms. The van der Waals surface area contributed by atoms with E-state index in [4.69, 9.17) is 0 Å². The maximum Gasteiger partial charge on any atom is 0.0912 e. The maximum absolute atomic E-state index is 10.3. The summed E-state index contributed by atoms with van der Waals surface area (Å²) in [5.74, 6) is 0. The summed E-state index contributed by atoms with van der Waals surface area (Å²) < 4.78 is 0. The Hall–Kier alpha value is -0.340. The fourth-order valence-electron chi connectivity index (χ4n) is 3.84. The summed E-state index contributed by atoms with van der Waals surface area (Å²) in [5, 5.41) is 19.6. The monoisotopic (exact) mass is 238 g/mol. The van der Waals surface area contributed by atoms with Gasteiger partial charge in [0.1, 0.15) is 0 Å². The zero-order chi connectivity index (χ0) is 12.7. The number of aliphatic hydroxyl groups is 2. The third-order valence-corrected chi connectivity index (χ3v) is 5.03. The lowest BCUT2D eigenvalue weighted by Crippen LogP contribution is -2.35. The summed E-state index contributed by atoms with van der Waals surface area (Å²) in [4.78, 5) is 0. The molecule has 0 aromatic rings. The van der Waals surface area contributed by atoms with Gasteiger partial charge in [0, 0.05) is 0 Å². The Kier molecular flexibility index (Phi) is 3.16. The van der Waals surface area contributed by atoms with Gasteiger partial charge in [-0.15, -0.1) is 0 Å². The molecule has 0 aliphatic heterocycles. The maximum atomic E-state index is 10.3. The zero-order valence-electron chi connectivity index (χ0n) is 11.4. The van der Waals surface area contributed by atoms with Gasteiger partial charge in [0.15, 0.2) is 0 Å². The van der Waals surface area contributed by atoms with E-state index >= 15 is 0 Å². The first kappa shape index (κ1) is 13.1. The highest BCUT2D eigenvalue weighted by atomic mass is 16.3. The smallest absolute Gasteiger partial charge is 0.0912 e. The van der Waals surface area contributed by atoms with Gasteiger partial charge in [-0.2, -0.15) is 0 Å². The van der Waals surface area contributed by atoms with Crippen LogP contribution in [0.25, 0.3) is 0 Å². The Morgan fingerprint density at radius 1 is 1.12 bits per heavy atom. The van der Waals surface area contributed by atoms with E-state index in [2.05, 4.69) is 26.8 Å². The van der Waals surface area contributed by atoms with Crippen LogP contribution < -0.4 is 0 Å². The van der Waals surface area contributed by atoms with Crippen molar-refractivity contribution in [1.29, 1.82) is 0 Å². The van der Waals surface area contributed by atoms with E-state index in [0.29, 0.717) is 6.42 Å². The SMILES string of the molecule is CC1(C)CCCC2(C)CCC(O)(CO)CC=C12. The van der Waals surface area contributed by atoms with Crippen LogP contribution in [0.4, 0.5) is 0 Å². The molecular formula is C15H26O2. The summed E-state index contributed by atoms with van der Waals surface area (Å²) in [6.45, 7) is 6.86. The summed E-state index contributed by atoms with van der Waals surface area (Å²) in [5.41, 5.74) is 1.12. The van der Waals surface area contributed by atoms with Gasteiger partial charge >= 0.3 is 0 Å². The van der Waals surface area contributed by atoms with E-state index in [9.17, 15) is 10.2 Å². The third-order valence-electron chi connectivity index (χ3n) is 5.03. The molecule has 2 rings (SSSR count). The normalized spacial score (nSPS) is 41.4. The average Bonchev–Trinajstić information content (AvgIpc) is 2.38. The van der Waals surface area contributed by atoms with E-state index in [1.54, 1.807) is 0 Å². The minimum atomic E-state index is -0.885. The second-order valence-corrected chi connectivity index (χ2v) is 7.00. The van der Waals surface area contributed by atoms with Crippen LogP contribution in [0, 0.1) is 10.8 Å². The molecule has 2 nitrogen and oxygen atoms in total. The van der Waals surface area contributed by atoms with E-state index in [1.807, 2.05) is 0 Å². The fourth-order valence-corrected chi connectivity index (χ4v) is 3.84. The van der Waals surface area contributed by atoms with Crippen LogP contribution in [0.3, 0.4) is 0 Å². The van der Waals surface area contributed by atoms with E-state index in [0.717, 1.165) is 12.8 Å². The molecule has 0 spiro atoms. The van der Waals surface area contributed by atoms with Crippen molar-refractivity contribution in [2.45, 2.75) is 64.9 Å². The van der Waals surface area contributed by atoms with Gasteiger partial charge in [0.25, 0.3) is 0 Å². The molecule has 0 amide bonds. The van der Waals surface area contributed by atoms with Crippen LogP contribution >= 0.6 is 0 Å². The largest absolute Gasteiger partial charge is 0.393 e. The van der Waals surface area contributed by atoms with Crippen molar-refractivity contribution in [1.82, 2.24) is 0 Å². The Balaban J connectivity index is 2.34. The second kappa shape index (κ2) is 4.10. The number of hydrogen-bond acceptors (Lipinski definition) is 2. The molecule has 0 radical (unpaired) electrons. The standard InChI is InChI=1S/C15H26O2/c1-13(2)6-4-7-14(3)9-10-15(17,11-16)8-5-12(13)14/h5,16-17H,4,6-11H2,1-3H3. The summed E-state index contributed by atoms with van der Waals surface area (Å²) in [6.07, 6.45) is 8.30. The molecule has 1 saturated carbocycles. The summed E-state index contributed by atoms with van der Waals surface area (Å²) >= 11 is 0. The van der Waals surface area contributed by atoms with Crippen molar-refractivity contribution in [2.24, 2.45) is 10.8 Å². The number of fused-ring (bicyclic) bond motifs is 1. The Labute approximate surface area is 105 Å². The van der Waals surface area contributed by atoms with Crippen LogP contribution in [0.2, 0.25) is 0 Å². The molecule has 2 N–H and O–H groups in total. The van der Waals surface area contributed by atoms with Crippen molar-refractivity contribution in [2.75, 3.05) is 6.61 Å². The fraction of sp³-hybridized carbons (Fsp3) is 0.867. The quantitative estimate of drug-likeness (QED) is 0.689.